The minimum atomic E-state index is -0.614. The lowest BCUT2D eigenvalue weighted by atomic mass is 9.96. The second-order valence-electron chi connectivity index (χ2n) is 12.2. The lowest BCUT2D eigenvalue weighted by Gasteiger charge is -2.14. The number of anilines is 2. The number of carbonyl (C=O) groups is 7. The first-order valence-corrected chi connectivity index (χ1v) is 15.0. The van der Waals surface area contributed by atoms with E-state index in [0.29, 0.717) is 11.1 Å². The van der Waals surface area contributed by atoms with Gasteiger partial charge in [-0.05, 0) is 101 Å². The summed E-state index contributed by atoms with van der Waals surface area (Å²) in [5.41, 5.74) is 2.05. The number of rotatable bonds is 10. The van der Waals surface area contributed by atoms with E-state index in [4.69, 9.17) is 0 Å². The molecule has 0 fully saturated rings. The third kappa shape index (κ3) is 5.65. The number of benzene rings is 4. The molecule has 0 aliphatic carbocycles. The first kappa shape index (κ1) is 32.0. The van der Waals surface area contributed by atoms with Crippen LogP contribution in [0.15, 0.2) is 84.9 Å². The molecule has 0 radical (unpaired) electrons. The van der Waals surface area contributed by atoms with Crippen LogP contribution in [0, 0.1) is 0 Å². The van der Waals surface area contributed by atoms with Crippen molar-refractivity contribution in [2.75, 3.05) is 51.1 Å². The Morgan fingerprint density at radius 1 is 0.458 bits per heavy atom. The minimum absolute atomic E-state index is 0.0460. The largest absolute Gasteiger partial charge is 0.302 e. The van der Waals surface area contributed by atoms with E-state index in [2.05, 4.69) is 0 Å². The number of amides is 4. The Hall–Kier alpha value is -5.91. The molecule has 6 rings (SSSR count). The fraction of sp³-hybridized carbons (Fsp3) is 0.162. The van der Waals surface area contributed by atoms with Crippen molar-refractivity contribution >= 4 is 52.4 Å². The second kappa shape index (κ2) is 12.4. The van der Waals surface area contributed by atoms with E-state index in [9.17, 15) is 33.6 Å². The van der Waals surface area contributed by atoms with Crippen molar-refractivity contribution in [1.82, 2.24) is 9.80 Å². The van der Waals surface area contributed by atoms with Crippen molar-refractivity contribution in [2.45, 2.75) is 0 Å². The summed E-state index contributed by atoms with van der Waals surface area (Å²) in [5.74, 6) is -3.06. The predicted octanol–water partition coefficient (Wildman–Crippen LogP) is 4.01. The molecular weight excluding hydrogens is 612 g/mol. The SMILES string of the molecule is CN(C)CC(=O)c1ccc(N2C(=O)c3ccc(C(=O)c4ccc5c(c4)C(=O)N(c4ccc(C(=O)CN(C)C)cc4)C5=O)cc3C2=O)cc1. The van der Waals surface area contributed by atoms with Crippen LogP contribution in [0.4, 0.5) is 11.4 Å². The molecule has 0 saturated heterocycles. The monoisotopic (exact) mass is 642 g/mol. The lowest BCUT2D eigenvalue weighted by molar-refractivity contribution is 0.0910. The van der Waals surface area contributed by atoms with Gasteiger partial charge in [0.25, 0.3) is 23.6 Å². The maximum atomic E-state index is 13.6. The number of carbonyl (C=O) groups excluding carboxylic acids is 7. The highest BCUT2D eigenvalue weighted by Gasteiger charge is 2.39. The van der Waals surface area contributed by atoms with Gasteiger partial charge >= 0.3 is 0 Å². The first-order chi connectivity index (χ1) is 22.8. The number of hydrogen-bond donors (Lipinski definition) is 0. The van der Waals surface area contributed by atoms with Crippen molar-refractivity contribution in [3.05, 3.63) is 129 Å². The van der Waals surface area contributed by atoms with Crippen LogP contribution in [-0.4, -0.2) is 92.1 Å². The molecule has 4 aromatic rings. The van der Waals surface area contributed by atoms with Crippen LogP contribution < -0.4 is 9.80 Å². The Labute approximate surface area is 276 Å². The van der Waals surface area contributed by atoms with Gasteiger partial charge < -0.3 is 9.80 Å². The Kier molecular flexibility index (Phi) is 8.25. The van der Waals surface area contributed by atoms with Crippen LogP contribution >= 0.6 is 0 Å². The zero-order valence-electron chi connectivity index (χ0n) is 26.6. The average molecular weight is 643 g/mol. The van der Waals surface area contributed by atoms with Crippen LogP contribution in [-0.2, 0) is 0 Å². The predicted molar refractivity (Wildman–Crippen MR) is 177 cm³/mol. The minimum Gasteiger partial charge on any atom is -0.302 e. The van der Waals surface area contributed by atoms with Crippen LogP contribution in [0.5, 0.6) is 0 Å². The Bertz CT molecular complexity index is 1920. The normalized spacial score (nSPS) is 13.9. The van der Waals surface area contributed by atoms with E-state index in [-0.39, 0.29) is 69.4 Å². The van der Waals surface area contributed by atoms with Crippen LogP contribution in [0.3, 0.4) is 0 Å². The molecule has 0 bridgehead atoms. The standard InChI is InChI=1S/C37H30N4O7/c1-38(2)19-31(42)21-5-11-25(12-6-21)40-34(45)27-15-9-23(17-29(27)36(40)47)33(44)24-10-16-28-30(18-24)37(48)41(35(28)46)26-13-7-22(8-14-26)32(43)20-39(3)4/h5-18H,19-20H2,1-4H3. The fourth-order valence-electron chi connectivity index (χ4n) is 5.75. The summed E-state index contributed by atoms with van der Waals surface area (Å²) in [7, 11) is 7.12. The second-order valence-corrected chi connectivity index (χ2v) is 12.2. The summed E-state index contributed by atoms with van der Waals surface area (Å²) in [5, 5.41) is 0. The smallest absolute Gasteiger partial charge is 0.266 e. The van der Waals surface area contributed by atoms with E-state index in [1.54, 1.807) is 62.3 Å². The maximum Gasteiger partial charge on any atom is 0.266 e. The number of Topliss-reactive ketones (excluding diaryl/α,β-unsaturated/α-hetero) is 2. The van der Waals surface area contributed by atoms with Crippen LogP contribution in [0.2, 0.25) is 0 Å². The number of imide groups is 2. The van der Waals surface area contributed by atoms with E-state index >= 15 is 0 Å². The molecule has 11 heteroatoms. The molecule has 48 heavy (non-hydrogen) atoms. The fourth-order valence-corrected chi connectivity index (χ4v) is 5.75. The molecule has 2 heterocycles. The van der Waals surface area contributed by atoms with Crippen molar-refractivity contribution < 1.29 is 33.6 Å². The highest BCUT2D eigenvalue weighted by Crippen LogP contribution is 2.32. The molecule has 0 N–H and O–H groups in total. The highest BCUT2D eigenvalue weighted by atomic mass is 16.2. The molecule has 4 amide bonds. The van der Waals surface area contributed by atoms with Crippen molar-refractivity contribution in [3.63, 3.8) is 0 Å². The van der Waals surface area contributed by atoms with Crippen molar-refractivity contribution in [1.29, 1.82) is 0 Å². The quantitative estimate of drug-likeness (QED) is 0.186. The molecule has 2 aliphatic heterocycles. The van der Waals surface area contributed by atoms with Gasteiger partial charge in [0, 0.05) is 22.3 Å². The van der Waals surface area contributed by atoms with Crippen LogP contribution in [0.25, 0.3) is 0 Å². The molecule has 0 saturated carbocycles. The van der Waals surface area contributed by atoms with Gasteiger partial charge in [-0.25, -0.2) is 9.80 Å². The number of ketones is 3. The molecule has 0 atom stereocenters. The molecule has 11 nitrogen and oxygen atoms in total. The molecule has 240 valence electrons. The van der Waals surface area contributed by atoms with E-state index in [1.165, 1.54) is 60.7 Å². The van der Waals surface area contributed by atoms with Gasteiger partial charge in [-0.3, -0.25) is 33.6 Å². The Morgan fingerprint density at radius 2 is 0.771 bits per heavy atom. The zero-order valence-corrected chi connectivity index (χ0v) is 26.6. The molecule has 0 aromatic heterocycles. The number of fused-ring (bicyclic) bond motifs is 2. The van der Waals surface area contributed by atoms with Gasteiger partial charge in [0.15, 0.2) is 17.3 Å². The molecule has 4 aromatic carbocycles. The summed E-state index contributed by atoms with van der Waals surface area (Å²) in [4.78, 5) is 97.1. The highest BCUT2D eigenvalue weighted by molar-refractivity contribution is 6.36. The van der Waals surface area contributed by atoms with Gasteiger partial charge in [0.05, 0.1) is 46.7 Å². The number of nitrogens with zero attached hydrogens (tertiary/aromatic N) is 4. The molecule has 0 spiro atoms. The first-order valence-electron chi connectivity index (χ1n) is 15.0. The van der Waals surface area contributed by atoms with Gasteiger partial charge in [-0.15, -0.1) is 0 Å². The third-order valence-corrected chi connectivity index (χ3v) is 8.11. The summed E-state index contributed by atoms with van der Waals surface area (Å²) in [6, 6.07) is 20.7. The lowest BCUT2D eigenvalue weighted by Crippen LogP contribution is -2.29. The summed E-state index contributed by atoms with van der Waals surface area (Å²) < 4.78 is 0. The van der Waals surface area contributed by atoms with Crippen LogP contribution in [0.1, 0.15) is 78.1 Å². The van der Waals surface area contributed by atoms with Gasteiger partial charge in [-0.1, -0.05) is 12.1 Å². The molecular formula is C37H30N4O7. The van der Waals surface area contributed by atoms with Gasteiger partial charge in [0.1, 0.15) is 0 Å². The van der Waals surface area contributed by atoms with Crippen molar-refractivity contribution in [3.8, 4) is 0 Å². The summed E-state index contributed by atoms with van der Waals surface area (Å²) >= 11 is 0. The van der Waals surface area contributed by atoms with E-state index in [0.717, 1.165) is 9.80 Å². The Morgan fingerprint density at radius 3 is 1.10 bits per heavy atom. The average Bonchev–Trinajstić information content (AvgIpc) is 3.46. The molecule has 0 unspecified atom stereocenters. The third-order valence-electron chi connectivity index (χ3n) is 8.11. The topological polar surface area (TPSA) is 132 Å². The molecule has 2 aliphatic rings. The van der Waals surface area contributed by atoms with Gasteiger partial charge in [0.2, 0.25) is 0 Å². The van der Waals surface area contributed by atoms with E-state index in [1.807, 2.05) is 0 Å². The summed E-state index contributed by atoms with van der Waals surface area (Å²) in [6.07, 6.45) is 0. The maximum absolute atomic E-state index is 13.6. The number of likely N-dealkylation sites (N-methyl/N-ethyl adjacent to an activating group) is 2. The number of hydrogen-bond acceptors (Lipinski definition) is 9. The Balaban J connectivity index is 1.22. The van der Waals surface area contributed by atoms with E-state index < -0.39 is 29.4 Å². The van der Waals surface area contributed by atoms with Gasteiger partial charge in [-0.2, -0.15) is 0 Å². The van der Waals surface area contributed by atoms with Crippen molar-refractivity contribution in [2.24, 2.45) is 0 Å². The summed E-state index contributed by atoms with van der Waals surface area (Å²) in [6.45, 7) is 0.426. The zero-order chi connectivity index (χ0) is 34.4.